The van der Waals surface area contributed by atoms with Crippen LogP contribution in [0, 0.1) is 0 Å². The lowest BCUT2D eigenvalue weighted by Gasteiger charge is -2.15. The van der Waals surface area contributed by atoms with Crippen molar-refractivity contribution >= 4 is 11.6 Å². The first-order chi connectivity index (χ1) is 9.60. The average Bonchev–Trinajstić information content (AvgIpc) is 2.44. The molecule has 0 radical (unpaired) electrons. The zero-order chi connectivity index (χ0) is 14.5. The topological polar surface area (TPSA) is 44.5 Å². The summed E-state index contributed by atoms with van der Waals surface area (Å²) >= 11 is 5.96. The van der Waals surface area contributed by atoms with Crippen LogP contribution in [-0.4, -0.2) is 7.11 Å². The van der Waals surface area contributed by atoms with Gasteiger partial charge >= 0.3 is 0 Å². The molecule has 0 spiro atoms. The quantitative estimate of drug-likeness (QED) is 0.907. The molecule has 20 heavy (non-hydrogen) atoms. The molecule has 0 aromatic heterocycles. The molecule has 0 aliphatic heterocycles. The number of hydrogen-bond acceptors (Lipinski definition) is 3. The molecule has 3 nitrogen and oxygen atoms in total. The number of rotatable bonds is 5. The Hall–Kier alpha value is -1.71. The molecule has 0 saturated carbocycles. The summed E-state index contributed by atoms with van der Waals surface area (Å²) in [5.74, 6) is 1.48. The van der Waals surface area contributed by atoms with Crippen molar-refractivity contribution in [2.75, 3.05) is 7.11 Å². The van der Waals surface area contributed by atoms with E-state index in [0.717, 1.165) is 22.6 Å². The van der Waals surface area contributed by atoms with Crippen LogP contribution in [0.15, 0.2) is 42.5 Å². The van der Waals surface area contributed by atoms with Crippen LogP contribution in [-0.2, 0) is 6.61 Å². The molecular weight excluding hydrogens is 274 g/mol. The van der Waals surface area contributed by atoms with Crippen molar-refractivity contribution in [3.05, 3.63) is 58.6 Å². The van der Waals surface area contributed by atoms with Crippen LogP contribution >= 0.6 is 11.6 Å². The molecule has 2 N–H and O–H groups in total. The van der Waals surface area contributed by atoms with E-state index in [0.29, 0.717) is 11.6 Å². The van der Waals surface area contributed by atoms with Crippen molar-refractivity contribution in [3.63, 3.8) is 0 Å². The van der Waals surface area contributed by atoms with Gasteiger partial charge < -0.3 is 15.2 Å². The Morgan fingerprint density at radius 1 is 1.20 bits per heavy atom. The van der Waals surface area contributed by atoms with Crippen LogP contribution in [0.3, 0.4) is 0 Å². The van der Waals surface area contributed by atoms with Gasteiger partial charge in [-0.1, -0.05) is 29.8 Å². The Bertz CT molecular complexity index is 584. The first-order valence-corrected chi connectivity index (χ1v) is 6.78. The molecule has 0 aliphatic carbocycles. The molecule has 0 aliphatic rings. The molecule has 1 unspecified atom stereocenters. The van der Waals surface area contributed by atoms with Crippen molar-refractivity contribution < 1.29 is 9.47 Å². The fraction of sp³-hybridized carbons (Fsp3) is 0.250. The van der Waals surface area contributed by atoms with E-state index < -0.39 is 0 Å². The van der Waals surface area contributed by atoms with Gasteiger partial charge in [-0.2, -0.15) is 0 Å². The van der Waals surface area contributed by atoms with E-state index >= 15 is 0 Å². The van der Waals surface area contributed by atoms with Crippen LogP contribution < -0.4 is 15.2 Å². The van der Waals surface area contributed by atoms with Crippen LogP contribution in [0.25, 0.3) is 0 Å². The van der Waals surface area contributed by atoms with Crippen molar-refractivity contribution in [2.24, 2.45) is 5.73 Å². The zero-order valence-corrected chi connectivity index (χ0v) is 12.4. The third-order valence-corrected chi connectivity index (χ3v) is 3.23. The van der Waals surface area contributed by atoms with Gasteiger partial charge in [0, 0.05) is 22.7 Å². The molecule has 2 aromatic rings. The fourth-order valence-electron chi connectivity index (χ4n) is 1.93. The average molecular weight is 292 g/mol. The highest BCUT2D eigenvalue weighted by atomic mass is 35.5. The second-order valence-electron chi connectivity index (χ2n) is 4.61. The number of halogens is 1. The van der Waals surface area contributed by atoms with Crippen molar-refractivity contribution in [2.45, 2.75) is 19.6 Å². The van der Waals surface area contributed by atoms with E-state index in [1.54, 1.807) is 7.11 Å². The molecule has 2 rings (SSSR count). The Labute approximate surface area is 124 Å². The minimum atomic E-state index is -0.102. The summed E-state index contributed by atoms with van der Waals surface area (Å²) in [5.41, 5.74) is 7.92. The van der Waals surface area contributed by atoms with E-state index in [1.807, 2.05) is 49.4 Å². The maximum absolute atomic E-state index is 5.96. The van der Waals surface area contributed by atoms with Gasteiger partial charge in [0.05, 0.1) is 7.11 Å². The number of benzene rings is 2. The SMILES string of the molecule is COc1ccc(C(C)N)c(OCc2cccc(Cl)c2)c1. The predicted octanol–water partition coefficient (Wildman–Crippen LogP) is 3.95. The van der Waals surface area contributed by atoms with Gasteiger partial charge in [-0.3, -0.25) is 0 Å². The summed E-state index contributed by atoms with van der Waals surface area (Å²) in [4.78, 5) is 0. The smallest absolute Gasteiger partial charge is 0.128 e. The minimum absolute atomic E-state index is 0.102. The lowest BCUT2D eigenvalue weighted by atomic mass is 10.1. The van der Waals surface area contributed by atoms with E-state index in [2.05, 4.69) is 0 Å². The van der Waals surface area contributed by atoms with E-state index in [-0.39, 0.29) is 6.04 Å². The normalized spacial score (nSPS) is 12.0. The van der Waals surface area contributed by atoms with Crippen LogP contribution in [0.5, 0.6) is 11.5 Å². The maximum Gasteiger partial charge on any atom is 0.128 e. The van der Waals surface area contributed by atoms with Gasteiger partial charge in [-0.05, 0) is 30.7 Å². The highest BCUT2D eigenvalue weighted by molar-refractivity contribution is 6.30. The molecule has 4 heteroatoms. The van der Waals surface area contributed by atoms with Crippen molar-refractivity contribution in [3.8, 4) is 11.5 Å². The van der Waals surface area contributed by atoms with Gasteiger partial charge in [-0.25, -0.2) is 0 Å². The van der Waals surface area contributed by atoms with Crippen LogP contribution in [0.1, 0.15) is 24.1 Å². The molecule has 0 saturated heterocycles. The second kappa shape index (κ2) is 6.64. The molecule has 0 bridgehead atoms. The molecule has 1 atom stereocenters. The fourth-order valence-corrected chi connectivity index (χ4v) is 2.14. The third kappa shape index (κ3) is 3.65. The Morgan fingerprint density at radius 3 is 2.65 bits per heavy atom. The predicted molar refractivity (Wildman–Crippen MR) is 81.4 cm³/mol. The summed E-state index contributed by atoms with van der Waals surface area (Å²) in [6.07, 6.45) is 0. The van der Waals surface area contributed by atoms with Gasteiger partial charge in [0.25, 0.3) is 0 Å². The van der Waals surface area contributed by atoms with E-state index in [9.17, 15) is 0 Å². The molecule has 0 heterocycles. The van der Waals surface area contributed by atoms with E-state index in [4.69, 9.17) is 26.8 Å². The van der Waals surface area contributed by atoms with Gasteiger partial charge in [0.2, 0.25) is 0 Å². The first-order valence-electron chi connectivity index (χ1n) is 6.41. The van der Waals surface area contributed by atoms with Gasteiger partial charge in [0.15, 0.2) is 0 Å². The number of nitrogens with two attached hydrogens (primary N) is 1. The summed E-state index contributed by atoms with van der Waals surface area (Å²) in [5, 5.41) is 0.698. The molecule has 106 valence electrons. The van der Waals surface area contributed by atoms with Crippen LogP contribution in [0.4, 0.5) is 0 Å². The summed E-state index contributed by atoms with van der Waals surface area (Å²) in [6, 6.07) is 13.1. The standard InChI is InChI=1S/C16H18ClNO2/c1-11(18)15-7-6-14(19-2)9-16(15)20-10-12-4-3-5-13(17)8-12/h3-9,11H,10,18H2,1-2H3. The summed E-state index contributed by atoms with van der Waals surface area (Å²) < 4.78 is 11.1. The lowest BCUT2D eigenvalue weighted by Crippen LogP contribution is -2.08. The first kappa shape index (κ1) is 14.7. The zero-order valence-electron chi connectivity index (χ0n) is 11.6. The molecule has 2 aromatic carbocycles. The number of methoxy groups -OCH3 is 1. The lowest BCUT2D eigenvalue weighted by molar-refractivity contribution is 0.299. The third-order valence-electron chi connectivity index (χ3n) is 2.99. The number of ether oxygens (including phenoxy) is 2. The van der Waals surface area contributed by atoms with Crippen molar-refractivity contribution in [1.82, 2.24) is 0 Å². The minimum Gasteiger partial charge on any atom is -0.497 e. The maximum atomic E-state index is 5.96. The highest BCUT2D eigenvalue weighted by Gasteiger charge is 2.10. The Balaban J connectivity index is 2.19. The van der Waals surface area contributed by atoms with Gasteiger partial charge in [0.1, 0.15) is 18.1 Å². The molecular formula is C16H18ClNO2. The summed E-state index contributed by atoms with van der Waals surface area (Å²) in [7, 11) is 1.63. The monoisotopic (exact) mass is 291 g/mol. The van der Waals surface area contributed by atoms with Gasteiger partial charge in [-0.15, -0.1) is 0 Å². The number of hydrogen-bond donors (Lipinski definition) is 1. The van der Waals surface area contributed by atoms with Crippen molar-refractivity contribution in [1.29, 1.82) is 0 Å². The van der Waals surface area contributed by atoms with Crippen LogP contribution in [0.2, 0.25) is 5.02 Å². The summed E-state index contributed by atoms with van der Waals surface area (Å²) in [6.45, 7) is 2.36. The Kier molecular flexibility index (Phi) is 4.88. The molecule has 0 fully saturated rings. The second-order valence-corrected chi connectivity index (χ2v) is 5.05. The Morgan fingerprint density at radius 2 is 2.00 bits per heavy atom. The molecule has 0 amide bonds. The highest BCUT2D eigenvalue weighted by Crippen LogP contribution is 2.29. The van der Waals surface area contributed by atoms with E-state index in [1.165, 1.54) is 0 Å². The largest absolute Gasteiger partial charge is 0.497 e.